The molecule has 0 aliphatic carbocycles. The van der Waals surface area contributed by atoms with Crippen LogP contribution in [-0.4, -0.2) is 18.4 Å². The molecular weight excluding hydrogens is 396 g/mol. The Labute approximate surface area is 159 Å². The molecule has 0 aliphatic rings. The summed E-state index contributed by atoms with van der Waals surface area (Å²) >= 11 is 3.43. The lowest BCUT2D eigenvalue weighted by atomic mass is 10.1. The molecule has 26 heavy (non-hydrogen) atoms. The monoisotopic (exact) mass is 414 g/mol. The van der Waals surface area contributed by atoms with Crippen molar-refractivity contribution in [3.05, 3.63) is 69.4 Å². The average molecular weight is 415 g/mol. The number of carbonyl (C=O) groups is 2. The molecule has 6 heteroatoms. The van der Waals surface area contributed by atoms with Crippen LogP contribution in [0.2, 0.25) is 0 Å². The molecule has 5 nitrogen and oxygen atoms in total. The van der Waals surface area contributed by atoms with Gasteiger partial charge in [0.2, 0.25) is 0 Å². The molecule has 134 valence electrons. The van der Waals surface area contributed by atoms with Gasteiger partial charge in [-0.25, -0.2) is 0 Å². The summed E-state index contributed by atoms with van der Waals surface area (Å²) in [7, 11) is 0. The van der Waals surface area contributed by atoms with Crippen LogP contribution in [0.3, 0.4) is 0 Å². The normalized spacial score (nSPS) is 10.7. The van der Waals surface area contributed by atoms with Crippen molar-refractivity contribution in [2.75, 3.05) is 6.54 Å². The van der Waals surface area contributed by atoms with Crippen LogP contribution in [0.15, 0.2) is 51.4 Å². The topological polar surface area (TPSA) is 71.3 Å². The van der Waals surface area contributed by atoms with Crippen LogP contribution in [0, 0.1) is 6.92 Å². The second-order valence-corrected chi connectivity index (χ2v) is 6.85. The summed E-state index contributed by atoms with van der Waals surface area (Å²) in [4.78, 5) is 24.2. The van der Waals surface area contributed by atoms with Crippen LogP contribution in [0.5, 0.6) is 0 Å². The number of carbonyl (C=O) groups excluding carboxylic acids is 2. The minimum atomic E-state index is -0.261. The van der Waals surface area contributed by atoms with Gasteiger partial charge in [0.15, 0.2) is 5.76 Å². The second-order valence-electron chi connectivity index (χ2n) is 5.94. The molecule has 0 aliphatic heterocycles. The smallest absolute Gasteiger partial charge is 0.287 e. The van der Waals surface area contributed by atoms with Crippen LogP contribution in [-0.2, 0) is 6.54 Å². The molecule has 2 N–H and O–H groups in total. The van der Waals surface area contributed by atoms with Crippen LogP contribution in [0.4, 0.5) is 0 Å². The molecule has 1 aromatic heterocycles. The van der Waals surface area contributed by atoms with Gasteiger partial charge >= 0.3 is 0 Å². The number of halogens is 1. The molecule has 0 radical (unpaired) electrons. The first kappa shape index (κ1) is 18.2. The Hall–Kier alpha value is -2.60. The van der Waals surface area contributed by atoms with E-state index in [0.29, 0.717) is 30.0 Å². The van der Waals surface area contributed by atoms with Gasteiger partial charge in [-0.05, 0) is 49.7 Å². The minimum Gasteiger partial charge on any atom is -0.451 e. The fraction of sp³-hybridized carbons (Fsp3) is 0.200. The number of aryl methyl sites for hydroxylation is 1. The van der Waals surface area contributed by atoms with Gasteiger partial charge in [0, 0.05) is 34.1 Å². The third kappa shape index (κ3) is 3.80. The molecule has 3 aromatic rings. The molecule has 1 heterocycles. The Balaban J connectivity index is 1.69. The predicted octanol–water partition coefficient (Wildman–Crippen LogP) is 4.18. The first-order valence-corrected chi connectivity index (χ1v) is 9.13. The molecule has 0 saturated heterocycles. The summed E-state index contributed by atoms with van der Waals surface area (Å²) in [5.74, 6) is -0.0492. The van der Waals surface area contributed by atoms with Crippen molar-refractivity contribution in [1.29, 1.82) is 0 Å². The molecular formula is C20H19BrN2O3. The van der Waals surface area contributed by atoms with Crippen LogP contribution >= 0.6 is 15.9 Å². The van der Waals surface area contributed by atoms with E-state index in [0.717, 1.165) is 21.0 Å². The van der Waals surface area contributed by atoms with Gasteiger partial charge in [0.1, 0.15) is 5.58 Å². The summed E-state index contributed by atoms with van der Waals surface area (Å²) < 4.78 is 6.63. The summed E-state index contributed by atoms with van der Waals surface area (Å²) in [6.07, 6.45) is 0. The number of hydrogen-bond donors (Lipinski definition) is 2. The molecule has 0 spiro atoms. The molecule has 3 rings (SSSR count). The Morgan fingerprint density at radius 1 is 1.04 bits per heavy atom. The van der Waals surface area contributed by atoms with E-state index in [1.54, 1.807) is 12.1 Å². The zero-order valence-corrected chi connectivity index (χ0v) is 16.1. The fourth-order valence-electron chi connectivity index (χ4n) is 2.71. The van der Waals surface area contributed by atoms with Crippen LogP contribution in [0.1, 0.15) is 39.0 Å². The number of rotatable bonds is 5. The lowest BCUT2D eigenvalue weighted by molar-refractivity contribution is 0.0922. The van der Waals surface area contributed by atoms with E-state index >= 15 is 0 Å². The van der Waals surface area contributed by atoms with Gasteiger partial charge < -0.3 is 15.1 Å². The van der Waals surface area contributed by atoms with Crippen molar-refractivity contribution in [2.45, 2.75) is 20.4 Å². The van der Waals surface area contributed by atoms with Crippen molar-refractivity contribution in [2.24, 2.45) is 0 Å². The number of amides is 2. The largest absolute Gasteiger partial charge is 0.451 e. The van der Waals surface area contributed by atoms with Gasteiger partial charge in [-0.15, -0.1) is 0 Å². The zero-order valence-electron chi connectivity index (χ0n) is 14.6. The third-order valence-electron chi connectivity index (χ3n) is 4.11. The molecule has 0 atom stereocenters. The van der Waals surface area contributed by atoms with E-state index in [2.05, 4.69) is 26.6 Å². The average Bonchev–Trinajstić information content (AvgIpc) is 2.97. The highest BCUT2D eigenvalue weighted by Gasteiger charge is 2.17. The van der Waals surface area contributed by atoms with E-state index in [1.807, 2.05) is 44.2 Å². The van der Waals surface area contributed by atoms with E-state index < -0.39 is 0 Å². The maximum Gasteiger partial charge on any atom is 0.287 e. The first-order valence-electron chi connectivity index (χ1n) is 8.33. The van der Waals surface area contributed by atoms with Crippen LogP contribution in [0.25, 0.3) is 11.0 Å². The van der Waals surface area contributed by atoms with Crippen molar-refractivity contribution in [3.63, 3.8) is 0 Å². The van der Waals surface area contributed by atoms with E-state index in [4.69, 9.17) is 4.42 Å². The Morgan fingerprint density at radius 3 is 2.46 bits per heavy atom. The Bertz CT molecular complexity index is 961. The first-order chi connectivity index (χ1) is 12.5. The summed E-state index contributed by atoms with van der Waals surface area (Å²) in [6, 6.07) is 12.8. The lowest BCUT2D eigenvalue weighted by Gasteiger charge is -2.06. The SMILES string of the molecule is CCNC(=O)c1ccc(CNC(=O)c2oc3ccc(Br)cc3c2C)cc1. The van der Waals surface area contributed by atoms with Crippen molar-refractivity contribution in [3.8, 4) is 0 Å². The quantitative estimate of drug-likeness (QED) is 0.657. The molecule has 0 bridgehead atoms. The van der Waals surface area contributed by atoms with E-state index in [-0.39, 0.29) is 11.8 Å². The number of furan rings is 1. The van der Waals surface area contributed by atoms with Crippen molar-refractivity contribution in [1.82, 2.24) is 10.6 Å². The summed E-state index contributed by atoms with van der Waals surface area (Å²) in [5.41, 5.74) is 3.00. The highest BCUT2D eigenvalue weighted by molar-refractivity contribution is 9.10. The number of nitrogens with one attached hydrogen (secondary N) is 2. The molecule has 0 unspecified atom stereocenters. The number of benzene rings is 2. The van der Waals surface area contributed by atoms with Crippen LogP contribution < -0.4 is 10.6 Å². The van der Waals surface area contributed by atoms with Crippen molar-refractivity contribution < 1.29 is 14.0 Å². The molecule has 0 saturated carbocycles. The molecule has 0 fully saturated rings. The maximum absolute atomic E-state index is 12.5. The summed E-state index contributed by atoms with van der Waals surface area (Å²) in [5, 5.41) is 6.52. The molecule has 2 aromatic carbocycles. The lowest BCUT2D eigenvalue weighted by Crippen LogP contribution is -2.24. The fourth-order valence-corrected chi connectivity index (χ4v) is 3.07. The second kappa shape index (κ2) is 7.74. The Morgan fingerprint density at radius 2 is 1.77 bits per heavy atom. The van der Waals surface area contributed by atoms with Gasteiger partial charge in [-0.2, -0.15) is 0 Å². The van der Waals surface area contributed by atoms with E-state index in [9.17, 15) is 9.59 Å². The highest BCUT2D eigenvalue weighted by atomic mass is 79.9. The predicted molar refractivity (Wildman–Crippen MR) is 104 cm³/mol. The standard InChI is InChI=1S/C20H19BrN2O3/c1-3-22-19(24)14-6-4-13(5-7-14)11-23-20(25)18-12(2)16-10-15(21)8-9-17(16)26-18/h4-10H,3,11H2,1-2H3,(H,22,24)(H,23,25). The highest BCUT2D eigenvalue weighted by Crippen LogP contribution is 2.28. The maximum atomic E-state index is 12.5. The van der Waals surface area contributed by atoms with Gasteiger partial charge in [-0.1, -0.05) is 28.1 Å². The van der Waals surface area contributed by atoms with Gasteiger partial charge in [-0.3, -0.25) is 9.59 Å². The summed E-state index contributed by atoms with van der Waals surface area (Å²) in [6.45, 7) is 4.69. The minimum absolute atomic E-state index is 0.104. The third-order valence-corrected chi connectivity index (χ3v) is 4.60. The zero-order chi connectivity index (χ0) is 18.7. The van der Waals surface area contributed by atoms with Crippen molar-refractivity contribution >= 4 is 38.7 Å². The molecule has 2 amide bonds. The van der Waals surface area contributed by atoms with E-state index in [1.165, 1.54) is 0 Å². The number of hydrogen-bond acceptors (Lipinski definition) is 3. The Kier molecular flexibility index (Phi) is 5.42. The number of fused-ring (bicyclic) bond motifs is 1. The van der Waals surface area contributed by atoms with Gasteiger partial charge in [0.25, 0.3) is 11.8 Å². The van der Waals surface area contributed by atoms with Gasteiger partial charge in [0.05, 0.1) is 0 Å².